The summed E-state index contributed by atoms with van der Waals surface area (Å²) >= 11 is 1.10. The van der Waals surface area contributed by atoms with Gasteiger partial charge in [0.15, 0.2) is 11.5 Å². The average molecular weight is 375 g/mol. The third-order valence-corrected chi connectivity index (χ3v) is 4.98. The number of nitrogens with one attached hydrogen (secondary N) is 2. The molecule has 3 rings (SSSR count). The first-order valence-electron chi connectivity index (χ1n) is 7.91. The van der Waals surface area contributed by atoms with Crippen molar-refractivity contribution in [1.82, 2.24) is 15.3 Å². The molecule has 0 aromatic carbocycles. The van der Waals surface area contributed by atoms with Crippen LogP contribution in [0.3, 0.4) is 0 Å². The SMILES string of the molecule is CC1(C)CC(=O)c2cc(C(=O)NCc3nc(C(=O)O)cs3)c(=O)[nH]c2C1. The first kappa shape index (κ1) is 18.0. The van der Waals surface area contributed by atoms with Crippen LogP contribution in [0.2, 0.25) is 0 Å². The van der Waals surface area contributed by atoms with Gasteiger partial charge in [0.2, 0.25) is 0 Å². The lowest BCUT2D eigenvalue weighted by molar-refractivity contribution is 0.0690. The molecule has 3 N–H and O–H groups in total. The number of carboxylic acid groups (broad SMARTS) is 1. The molecule has 1 amide bonds. The third kappa shape index (κ3) is 3.57. The normalized spacial score (nSPS) is 15.4. The third-order valence-electron chi connectivity index (χ3n) is 4.13. The van der Waals surface area contributed by atoms with E-state index in [1.807, 2.05) is 13.8 Å². The van der Waals surface area contributed by atoms with Crippen molar-refractivity contribution in [3.63, 3.8) is 0 Å². The summed E-state index contributed by atoms with van der Waals surface area (Å²) in [4.78, 5) is 54.2. The molecule has 2 heterocycles. The summed E-state index contributed by atoms with van der Waals surface area (Å²) in [5, 5.41) is 13.2. The smallest absolute Gasteiger partial charge is 0.355 e. The van der Waals surface area contributed by atoms with E-state index in [0.717, 1.165) is 11.3 Å². The molecule has 0 saturated carbocycles. The zero-order valence-corrected chi connectivity index (χ0v) is 15.0. The van der Waals surface area contributed by atoms with Crippen LogP contribution in [0.4, 0.5) is 0 Å². The predicted molar refractivity (Wildman–Crippen MR) is 93.7 cm³/mol. The number of ketones is 1. The van der Waals surface area contributed by atoms with Crippen molar-refractivity contribution in [2.45, 2.75) is 33.2 Å². The fraction of sp³-hybridized carbons (Fsp3) is 0.353. The molecule has 26 heavy (non-hydrogen) atoms. The minimum atomic E-state index is -1.15. The fourth-order valence-electron chi connectivity index (χ4n) is 2.94. The maximum absolute atomic E-state index is 12.3. The maximum Gasteiger partial charge on any atom is 0.355 e. The number of aromatic carboxylic acids is 1. The average Bonchev–Trinajstić information content (AvgIpc) is 3.00. The Morgan fingerprint density at radius 3 is 2.73 bits per heavy atom. The van der Waals surface area contributed by atoms with Gasteiger partial charge in [-0.2, -0.15) is 0 Å². The van der Waals surface area contributed by atoms with Crippen LogP contribution in [0.15, 0.2) is 16.2 Å². The van der Waals surface area contributed by atoms with E-state index in [-0.39, 0.29) is 29.0 Å². The van der Waals surface area contributed by atoms with Gasteiger partial charge in [-0.05, 0) is 17.9 Å². The van der Waals surface area contributed by atoms with Crippen molar-refractivity contribution in [3.05, 3.63) is 49.3 Å². The highest BCUT2D eigenvalue weighted by Crippen LogP contribution is 2.33. The number of pyridine rings is 1. The first-order valence-corrected chi connectivity index (χ1v) is 8.79. The first-order chi connectivity index (χ1) is 12.2. The molecule has 0 saturated heterocycles. The second-order valence-corrected chi connectivity index (χ2v) is 7.90. The molecular weight excluding hydrogens is 358 g/mol. The summed E-state index contributed by atoms with van der Waals surface area (Å²) < 4.78 is 0. The lowest BCUT2D eigenvalue weighted by Gasteiger charge is -2.29. The van der Waals surface area contributed by atoms with Gasteiger partial charge in [0.25, 0.3) is 11.5 Å². The van der Waals surface area contributed by atoms with Gasteiger partial charge in [-0.1, -0.05) is 13.8 Å². The Hall–Kier alpha value is -2.81. The molecule has 0 fully saturated rings. The zero-order chi connectivity index (χ0) is 19.1. The molecule has 0 spiro atoms. The fourth-order valence-corrected chi connectivity index (χ4v) is 3.65. The van der Waals surface area contributed by atoms with E-state index in [4.69, 9.17) is 5.11 Å². The number of fused-ring (bicyclic) bond motifs is 1. The maximum atomic E-state index is 12.3. The number of nitrogens with zero attached hydrogens (tertiary/aromatic N) is 1. The molecule has 0 aliphatic heterocycles. The number of aromatic amines is 1. The lowest BCUT2D eigenvalue weighted by atomic mass is 9.75. The summed E-state index contributed by atoms with van der Waals surface area (Å²) in [6.45, 7) is 3.90. The van der Waals surface area contributed by atoms with Gasteiger partial charge in [-0.3, -0.25) is 14.4 Å². The number of amides is 1. The molecule has 0 unspecified atom stereocenters. The van der Waals surface area contributed by atoms with Crippen LogP contribution in [-0.4, -0.2) is 32.7 Å². The molecule has 0 radical (unpaired) electrons. The number of carbonyl (C=O) groups is 3. The number of hydrogen-bond donors (Lipinski definition) is 3. The Bertz CT molecular complexity index is 973. The predicted octanol–water partition coefficient (Wildman–Crippen LogP) is 1.61. The number of thiazole rings is 1. The Morgan fingerprint density at radius 1 is 1.35 bits per heavy atom. The topological polar surface area (TPSA) is 129 Å². The van der Waals surface area contributed by atoms with Gasteiger partial charge >= 0.3 is 5.97 Å². The van der Waals surface area contributed by atoms with Gasteiger partial charge < -0.3 is 15.4 Å². The standard InChI is InChI=1S/C17H17N3O5S/c1-17(2)4-10-8(12(21)5-17)3-9(15(23)20-10)14(22)18-6-13-19-11(7-26-13)16(24)25/h3,7H,4-6H2,1-2H3,(H,18,22)(H,20,23)(H,24,25). The molecule has 2 aromatic heterocycles. The summed E-state index contributed by atoms with van der Waals surface area (Å²) in [5.41, 5.74) is -0.109. The highest BCUT2D eigenvalue weighted by atomic mass is 32.1. The minimum absolute atomic E-state index is 0.00567. The second-order valence-electron chi connectivity index (χ2n) is 6.96. The largest absolute Gasteiger partial charge is 0.476 e. The number of Topliss-reactive ketones (excluding diaryl/α,β-unsaturated/α-hetero) is 1. The van der Waals surface area contributed by atoms with E-state index >= 15 is 0 Å². The molecule has 1 aliphatic carbocycles. The highest BCUT2D eigenvalue weighted by molar-refractivity contribution is 7.09. The van der Waals surface area contributed by atoms with Crippen molar-refractivity contribution in [2.24, 2.45) is 5.41 Å². The van der Waals surface area contributed by atoms with Gasteiger partial charge in [0.05, 0.1) is 6.54 Å². The number of rotatable bonds is 4. The van der Waals surface area contributed by atoms with E-state index in [1.165, 1.54) is 11.4 Å². The van der Waals surface area contributed by atoms with Crippen LogP contribution in [0.5, 0.6) is 0 Å². The van der Waals surface area contributed by atoms with Crippen LogP contribution in [0.1, 0.15) is 62.2 Å². The number of carbonyl (C=O) groups excluding carboxylic acids is 2. The monoisotopic (exact) mass is 375 g/mol. The van der Waals surface area contributed by atoms with E-state index in [1.54, 1.807) is 0 Å². The Morgan fingerprint density at radius 2 is 2.08 bits per heavy atom. The number of aromatic nitrogens is 2. The van der Waals surface area contributed by atoms with E-state index < -0.39 is 17.4 Å². The van der Waals surface area contributed by atoms with Crippen molar-refractivity contribution in [3.8, 4) is 0 Å². The number of H-pyrrole nitrogens is 1. The van der Waals surface area contributed by atoms with Crippen LogP contribution >= 0.6 is 11.3 Å². The van der Waals surface area contributed by atoms with Crippen molar-refractivity contribution in [2.75, 3.05) is 0 Å². The molecule has 0 atom stereocenters. The summed E-state index contributed by atoms with van der Waals surface area (Å²) in [5.74, 6) is -1.89. The van der Waals surface area contributed by atoms with Crippen LogP contribution < -0.4 is 10.9 Å². The summed E-state index contributed by atoms with van der Waals surface area (Å²) in [7, 11) is 0. The van der Waals surface area contributed by atoms with Gasteiger partial charge in [0.1, 0.15) is 10.6 Å². The molecular formula is C17H17N3O5S. The van der Waals surface area contributed by atoms with Gasteiger partial charge in [-0.15, -0.1) is 11.3 Å². The van der Waals surface area contributed by atoms with Crippen molar-refractivity contribution < 1.29 is 19.5 Å². The number of hydrogen-bond acceptors (Lipinski definition) is 6. The lowest BCUT2D eigenvalue weighted by Crippen LogP contribution is -2.34. The zero-order valence-electron chi connectivity index (χ0n) is 14.2. The summed E-state index contributed by atoms with van der Waals surface area (Å²) in [6, 6.07) is 1.34. The molecule has 0 bridgehead atoms. The molecule has 2 aromatic rings. The molecule has 8 nitrogen and oxygen atoms in total. The summed E-state index contributed by atoms with van der Waals surface area (Å²) in [6.07, 6.45) is 0.909. The van der Waals surface area contributed by atoms with Gasteiger partial charge in [0, 0.05) is 23.1 Å². The van der Waals surface area contributed by atoms with E-state index in [0.29, 0.717) is 29.1 Å². The Balaban J connectivity index is 1.79. The second kappa shape index (κ2) is 6.49. The molecule has 9 heteroatoms. The highest BCUT2D eigenvalue weighted by Gasteiger charge is 2.32. The van der Waals surface area contributed by atoms with Crippen LogP contribution in [0.25, 0.3) is 0 Å². The Kier molecular flexibility index (Phi) is 4.49. The van der Waals surface area contributed by atoms with E-state index in [2.05, 4.69) is 15.3 Å². The van der Waals surface area contributed by atoms with Gasteiger partial charge in [-0.25, -0.2) is 9.78 Å². The Labute approximate surface area is 152 Å². The minimum Gasteiger partial charge on any atom is -0.476 e. The van der Waals surface area contributed by atoms with Crippen molar-refractivity contribution >= 4 is 29.0 Å². The van der Waals surface area contributed by atoms with Crippen LogP contribution in [-0.2, 0) is 13.0 Å². The van der Waals surface area contributed by atoms with Crippen molar-refractivity contribution in [1.29, 1.82) is 0 Å². The quantitative estimate of drug-likeness (QED) is 0.744. The number of carboxylic acids is 1. The molecule has 136 valence electrons. The molecule has 1 aliphatic rings. The van der Waals surface area contributed by atoms with E-state index in [9.17, 15) is 19.2 Å². The van der Waals surface area contributed by atoms with Crippen LogP contribution in [0, 0.1) is 5.41 Å².